The van der Waals surface area contributed by atoms with Gasteiger partial charge in [0.15, 0.2) is 0 Å². The lowest BCUT2D eigenvalue weighted by molar-refractivity contribution is -0.119. The van der Waals surface area contributed by atoms with Crippen molar-refractivity contribution >= 4 is 11.6 Å². The van der Waals surface area contributed by atoms with Gasteiger partial charge in [-0.1, -0.05) is 6.07 Å². The maximum atomic E-state index is 12.6. The minimum absolute atomic E-state index is 0.0309. The van der Waals surface area contributed by atoms with Crippen LogP contribution in [0.1, 0.15) is 57.9 Å². The van der Waals surface area contributed by atoms with E-state index in [-0.39, 0.29) is 11.9 Å². The lowest BCUT2D eigenvalue weighted by Crippen LogP contribution is -2.57. The number of nitriles is 1. The maximum absolute atomic E-state index is 12.6. The molecule has 5 rings (SSSR count). The Kier molecular flexibility index (Phi) is 4.52. The van der Waals surface area contributed by atoms with Crippen molar-refractivity contribution in [1.29, 1.82) is 5.26 Å². The van der Waals surface area contributed by atoms with Gasteiger partial charge in [-0.15, -0.1) is 0 Å². The summed E-state index contributed by atoms with van der Waals surface area (Å²) in [5.74, 6) is 2.73. The van der Waals surface area contributed by atoms with Gasteiger partial charge >= 0.3 is 0 Å². The highest BCUT2D eigenvalue weighted by molar-refractivity contribution is 5.94. The summed E-state index contributed by atoms with van der Waals surface area (Å²) in [6.45, 7) is 4.23. The monoisotopic (exact) mass is 351 g/mol. The zero-order valence-corrected chi connectivity index (χ0v) is 15.8. The van der Waals surface area contributed by atoms with Crippen LogP contribution in [0.2, 0.25) is 0 Å². The molecule has 0 aromatic heterocycles. The number of benzene rings is 1. The minimum atomic E-state index is -0.247. The Morgan fingerprint density at radius 1 is 1.15 bits per heavy atom. The van der Waals surface area contributed by atoms with Crippen LogP contribution in [0.15, 0.2) is 24.3 Å². The van der Waals surface area contributed by atoms with Crippen LogP contribution >= 0.6 is 0 Å². The van der Waals surface area contributed by atoms with Gasteiger partial charge in [0.1, 0.15) is 0 Å². The van der Waals surface area contributed by atoms with E-state index in [9.17, 15) is 4.79 Å². The summed E-state index contributed by atoms with van der Waals surface area (Å²) < 4.78 is 0. The molecule has 4 saturated carbocycles. The Bertz CT molecular complexity index is 700. The molecule has 4 aliphatic carbocycles. The number of amides is 1. The van der Waals surface area contributed by atoms with E-state index in [0.29, 0.717) is 22.7 Å². The normalized spacial score (nSPS) is 34.1. The Morgan fingerprint density at radius 3 is 2.35 bits per heavy atom. The van der Waals surface area contributed by atoms with E-state index in [2.05, 4.69) is 23.6 Å². The standard InChI is InChI=1S/C22H29N3O/c1-14(21(26)25-20-5-3-4-16(9-20)13-23)24-15(2)22-10-17-6-18(11-22)8-19(7-17)12-22/h3-5,9,14-15,17-19,24H,6-8,10-12H2,1-2H3,(H,25,26)/t14-,15-,17?,18?,19?,22?/m1/s1. The molecule has 138 valence electrons. The van der Waals surface area contributed by atoms with Gasteiger partial charge < -0.3 is 10.6 Å². The number of anilines is 1. The van der Waals surface area contributed by atoms with Gasteiger partial charge in [-0.2, -0.15) is 5.26 Å². The van der Waals surface area contributed by atoms with Crippen molar-refractivity contribution in [3.8, 4) is 6.07 Å². The number of nitrogens with one attached hydrogen (secondary N) is 2. The highest BCUT2D eigenvalue weighted by Crippen LogP contribution is 2.61. The minimum Gasteiger partial charge on any atom is -0.325 e. The molecule has 0 unspecified atom stereocenters. The van der Waals surface area contributed by atoms with Crippen molar-refractivity contribution in [3.63, 3.8) is 0 Å². The summed E-state index contributed by atoms with van der Waals surface area (Å²) in [4.78, 5) is 12.6. The number of rotatable bonds is 5. The van der Waals surface area contributed by atoms with Gasteiger partial charge in [-0.05, 0) is 93.7 Å². The molecule has 4 aliphatic rings. The van der Waals surface area contributed by atoms with Crippen LogP contribution in [-0.2, 0) is 4.79 Å². The van der Waals surface area contributed by atoms with Crippen molar-refractivity contribution in [2.24, 2.45) is 23.2 Å². The number of carbonyl (C=O) groups is 1. The van der Waals surface area contributed by atoms with Crippen LogP contribution in [0.5, 0.6) is 0 Å². The molecule has 1 aromatic carbocycles. The molecule has 1 amide bonds. The average Bonchev–Trinajstić information content (AvgIpc) is 2.60. The molecule has 2 N–H and O–H groups in total. The number of hydrogen-bond acceptors (Lipinski definition) is 3. The van der Waals surface area contributed by atoms with Crippen molar-refractivity contribution in [2.45, 2.75) is 64.5 Å². The van der Waals surface area contributed by atoms with E-state index in [4.69, 9.17) is 5.26 Å². The molecular formula is C22H29N3O. The van der Waals surface area contributed by atoms with Crippen LogP contribution in [0.25, 0.3) is 0 Å². The molecule has 4 heteroatoms. The topological polar surface area (TPSA) is 64.9 Å². The predicted octanol–water partition coefficient (Wildman–Crippen LogP) is 4.08. The Morgan fingerprint density at radius 2 is 1.77 bits per heavy atom. The second-order valence-corrected chi connectivity index (χ2v) is 9.07. The van der Waals surface area contributed by atoms with E-state index >= 15 is 0 Å². The lowest BCUT2D eigenvalue weighted by atomic mass is 9.48. The molecule has 2 atom stereocenters. The first-order valence-electron chi connectivity index (χ1n) is 10.0. The van der Waals surface area contributed by atoms with Crippen LogP contribution in [-0.4, -0.2) is 18.0 Å². The van der Waals surface area contributed by atoms with E-state index in [0.717, 1.165) is 17.8 Å². The highest BCUT2D eigenvalue weighted by atomic mass is 16.2. The van der Waals surface area contributed by atoms with Gasteiger partial charge in [0, 0.05) is 11.7 Å². The summed E-state index contributed by atoms with van der Waals surface area (Å²) in [7, 11) is 0. The SMILES string of the molecule is C[C@@H](N[C@H](C)C12CC3CC(CC(C3)C1)C2)C(=O)Nc1cccc(C#N)c1. The van der Waals surface area contributed by atoms with Crippen molar-refractivity contribution in [3.05, 3.63) is 29.8 Å². The summed E-state index contributed by atoms with van der Waals surface area (Å²) in [6.07, 6.45) is 8.34. The largest absolute Gasteiger partial charge is 0.325 e. The molecule has 4 bridgehead atoms. The number of nitrogens with zero attached hydrogens (tertiary/aromatic N) is 1. The van der Waals surface area contributed by atoms with Crippen molar-refractivity contribution in [1.82, 2.24) is 5.32 Å². The molecule has 4 nitrogen and oxygen atoms in total. The van der Waals surface area contributed by atoms with Gasteiger partial charge in [0.25, 0.3) is 0 Å². The summed E-state index contributed by atoms with van der Waals surface area (Å²) in [6, 6.07) is 9.31. The van der Waals surface area contributed by atoms with Crippen LogP contribution in [0, 0.1) is 34.5 Å². The van der Waals surface area contributed by atoms with Crippen LogP contribution in [0.3, 0.4) is 0 Å². The first-order valence-corrected chi connectivity index (χ1v) is 10.0. The molecular weight excluding hydrogens is 322 g/mol. The van der Waals surface area contributed by atoms with Gasteiger partial charge in [-0.25, -0.2) is 0 Å². The first-order chi connectivity index (χ1) is 12.5. The molecule has 0 aliphatic heterocycles. The smallest absolute Gasteiger partial charge is 0.241 e. The highest BCUT2D eigenvalue weighted by Gasteiger charge is 2.53. The van der Waals surface area contributed by atoms with Crippen LogP contribution in [0.4, 0.5) is 5.69 Å². The fourth-order valence-corrected chi connectivity index (χ4v) is 6.25. The van der Waals surface area contributed by atoms with E-state index in [1.807, 2.05) is 13.0 Å². The molecule has 0 spiro atoms. The molecule has 0 saturated heterocycles. The summed E-state index contributed by atoms with van der Waals surface area (Å²) in [5.41, 5.74) is 1.64. The van der Waals surface area contributed by atoms with E-state index in [1.54, 1.807) is 18.2 Å². The molecule has 0 heterocycles. The second kappa shape index (κ2) is 6.70. The van der Waals surface area contributed by atoms with Gasteiger partial charge in [0.2, 0.25) is 5.91 Å². The van der Waals surface area contributed by atoms with E-state index in [1.165, 1.54) is 38.5 Å². The number of carbonyl (C=O) groups excluding carboxylic acids is 1. The van der Waals surface area contributed by atoms with E-state index < -0.39 is 0 Å². The quantitative estimate of drug-likeness (QED) is 0.840. The number of hydrogen-bond donors (Lipinski definition) is 2. The Hall–Kier alpha value is -1.86. The maximum Gasteiger partial charge on any atom is 0.241 e. The molecule has 26 heavy (non-hydrogen) atoms. The van der Waals surface area contributed by atoms with Gasteiger partial charge in [0.05, 0.1) is 17.7 Å². The van der Waals surface area contributed by atoms with Crippen molar-refractivity contribution < 1.29 is 4.79 Å². The second-order valence-electron chi connectivity index (χ2n) is 9.07. The van der Waals surface area contributed by atoms with Crippen LogP contribution < -0.4 is 10.6 Å². The summed E-state index contributed by atoms with van der Waals surface area (Å²) in [5, 5.41) is 15.6. The first kappa shape index (κ1) is 17.5. The third-order valence-corrected chi connectivity index (χ3v) is 7.16. The zero-order chi connectivity index (χ0) is 18.3. The molecule has 1 aromatic rings. The third kappa shape index (κ3) is 3.25. The lowest BCUT2D eigenvalue weighted by Gasteiger charge is -2.59. The third-order valence-electron chi connectivity index (χ3n) is 7.16. The fourth-order valence-electron chi connectivity index (χ4n) is 6.25. The Labute approximate surface area is 156 Å². The average molecular weight is 351 g/mol. The molecule has 4 fully saturated rings. The van der Waals surface area contributed by atoms with Gasteiger partial charge in [-0.3, -0.25) is 4.79 Å². The summed E-state index contributed by atoms with van der Waals surface area (Å²) >= 11 is 0. The fraction of sp³-hybridized carbons (Fsp3) is 0.636. The Balaban J connectivity index is 1.39. The van der Waals surface area contributed by atoms with Crippen molar-refractivity contribution in [2.75, 3.05) is 5.32 Å². The molecule has 0 radical (unpaired) electrons. The zero-order valence-electron chi connectivity index (χ0n) is 15.8. The predicted molar refractivity (Wildman–Crippen MR) is 102 cm³/mol.